The second-order valence-corrected chi connectivity index (χ2v) is 3.33. The van der Waals surface area contributed by atoms with Crippen LogP contribution in [0.25, 0.3) is 0 Å². The van der Waals surface area contributed by atoms with Gasteiger partial charge in [-0.2, -0.15) is 0 Å². The fraction of sp³-hybridized carbons (Fsp3) is 0.889. The maximum absolute atomic E-state index is 10.3. The molecule has 0 N–H and O–H groups in total. The first kappa shape index (κ1) is 9.68. The fourth-order valence-electron chi connectivity index (χ4n) is 1.86. The Hall–Kier alpha value is -0.410. The number of rotatable bonds is 4. The van der Waals surface area contributed by atoms with Crippen LogP contribution in [0.15, 0.2) is 0 Å². The third kappa shape index (κ3) is 1.84. The molecule has 70 valence electrons. The molecular weight excluding hydrogens is 156 g/mol. The molecule has 3 heteroatoms. The van der Waals surface area contributed by atoms with Crippen LogP contribution in [0.3, 0.4) is 0 Å². The van der Waals surface area contributed by atoms with Crippen LogP contribution < -0.4 is 0 Å². The van der Waals surface area contributed by atoms with Crippen molar-refractivity contribution in [1.82, 2.24) is 0 Å². The van der Waals surface area contributed by atoms with Crippen molar-refractivity contribution in [2.75, 3.05) is 14.2 Å². The lowest BCUT2D eigenvalue weighted by Gasteiger charge is -2.25. The van der Waals surface area contributed by atoms with Crippen LogP contribution in [0.1, 0.15) is 25.7 Å². The van der Waals surface area contributed by atoms with Crippen molar-refractivity contribution in [2.24, 2.45) is 5.92 Å². The summed E-state index contributed by atoms with van der Waals surface area (Å²) in [4.78, 5) is 10.3. The smallest absolute Gasteiger partial charge is 0.167 e. The number of carbonyl (C=O) groups excluding carboxylic acids is 1. The molecule has 12 heavy (non-hydrogen) atoms. The van der Waals surface area contributed by atoms with Gasteiger partial charge in [-0.15, -0.1) is 0 Å². The van der Waals surface area contributed by atoms with Gasteiger partial charge >= 0.3 is 0 Å². The Labute approximate surface area is 73.0 Å². The Balaban J connectivity index is 2.46. The summed E-state index contributed by atoms with van der Waals surface area (Å²) in [6.07, 6.45) is 4.39. The molecule has 1 aliphatic rings. The molecule has 3 nitrogen and oxygen atoms in total. The van der Waals surface area contributed by atoms with Crippen LogP contribution in [0.2, 0.25) is 0 Å². The van der Waals surface area contributed by atoms with Crippen molar-refractivity contribution in [3.05, 3.63) is 0 Å². The molecule has 0 saturated heterocycles. The molecule has 1 rings (SSSR count). The van der Waals surface area contributed by atoms with Crippen LogP contribution in [-0.4, -0.2) is 26.3 Å². The lowest BCUT2D eigenvalue weighted by molar-refractivity contribution is -0.202. The monoisotopic (exact) mass is 172 g/mol. The van der Waals surface area contributed by atoms with E-state index in [-0.39, 0.29) is 0 Å². The number of methoxy groups -OCH3 is 2. The van der Waals surface area contributed by atoms with E-state index in [2.05, 4.69) is 0 Å². The van der Waals surface area contributed by atoms with Gasteiger partial charge in [-0.1, -0.05) is 0 Å². The predicted octanol–water partition coefficient (Wildman–Crippen LogP) is 1.36. The van der Waals surface area contributed by atoms with E-state index in [4.69, 9.17) is 9.47 Å². The predicted molar refractivity (Wildman–Crippen MR) is 44.8 cm³/mol. The average Bonchev–Trinajstić information content (AvgIpc) is 2.50. The van der Waals surface area contributed by atoms with Gasteiger partial charge in [0.2, 0.25) is 0 Å². The van der Waals surface area contributed by atoms with Gasteiger partial charge in [-0.25, -0.2) is 0 Å². The van der Waals surface area contributed by atoms with Gasteiger partial charge in [0.1, 0.15) is 6.29 Å². The highest BCUT2D eigenvalue weighted by Crippen LogP contribution is 2.38. The van der Waals surface area contributed by atoms with E-state index in [1.165, 1.54) is 0 Å². The van der Waals surface area contributed by atoms with E-state index in [1.807, 2.05) is 0 Å². The van der Waals surface area contributed by atoms with Crippen molar-refractivity contribution >= 4 is 6.29 Å². The van der Waals surface area contributed by atoms with E-state index in [0.717, 1.165) is 25.5 Å². The first-order valence-electron chi connectivity index (χ1n) is 4.30. The SMILES string of the molecule is COC1(OC)CCC(CC=O)C1. The minimum absolute atomic E-state index is 0.409. The van der Waals surface area contributed by atoms with Crippen molar-refractivity contribution in [1.29, 1.82) is 0 Å². The van der Waals surface area contributed by atoms with Crippen LogP contribution in [-0.2, 0) is 14.3 Å². The van der Waals surface area contributed by atoms with E-state index >= 15 is 0 Å². The van der Waals surface area contributed by atoms with Crippen LogP contribution >= 0.6 is 0 Å². The molecule has 0 aliphatic heterocycles. The fourth-order valence-corrected chi connectivity index (χ4v) is 1.86. The Morgan fingerprint density at radius 3 is 2.58 bits per heavy atom. The Kier molecular flexibility index (Phi) is 3.23. The highest BCUT2D eigenvalue weighted by atomic mass is 16.7. The molecular formula is C9H16O3. The Morgan fingerprint density at radius 1 is 1.50 bits per heavy atom. The first-order chi connectivity index (χ1) is 5.76. The lowest BCUT2D eigenvalue weighted by Crippen LogP contribution is -2.30. The zero-order chi connectivity index (χ0) is 9.03. The molecule has 0 aromatic heterocycles. The largest absolute Gasteiger partial charge is 0.353 e. The second-order valence-electron chi connectivity index (χ2n) is 3.33. The maximum atomic E-state index is 10.3. The molecule has 1 fully saturated rings. The molecule has 0 bridgehead atoms. The zero-order valence-corrected chi connectivity index (χ0v) is 7.71. The van der Waals surface area contributed by atoms with Gasteiger partial charge in [-0.05, 0) is 12.3 Å². The van der Waals surface area contributed by atoms with E-state index in [9.17, 15) is 4.79 Å². The molecule has 1 atom stereocenters. The molecule has 1 unspecified atom stereocenters. The third-order valence-electron chi connectivity index (χ3n) is 2.71. The summed E-state index contributed by atoms with van der Waals surface area (Å²) in [5.74, 6) is 0.0376. The summed E-state index contributed by atoms with van der Waals surface area (Å²) in [6.45, 7) is 0. The number of carbonyl (C=O) groups is 1. The molecule has 1 saturated carbocycles. The van der Waals surface area contributed by atoms with Crippen molar-refractivity contribution in [2.45, 2.75) is 31.5 Å². The van der Waals surface area contributed by atoms with E-state index < -0.39 is 5.79 Å². The molecule has 0 aromatic carbocycles. The van der Waals surface area contributed by atoms with E-state index in [0.29, 0.717) is 12.3 Å². The molecule has 0 spiro atoms. The molecule has 0 heterocycles. The van der Waals surface area contributed by atoms with Gasteiger partial charge in [0, 0.05) is 33.5 Å². The van der Waals surface area contributed by atoms with Gasteiger partial charge in [0.25, 0.3) is 0 Å². The Bertz CT molecular complexity index is 152. The number of aldehydes is 1. The van der Waals surface area contributed by atoms with Crippen LogP contribution in [0.4, 0.5) is 0 Å². The highest BCUT2D eigenvalue weighted by Gasteiger charge is 2.38. The van der Waals surface area contributed by atoms with Gasteiger partial charge in [-0.3, -0.25) is 0 Å². The van der Waals surface area contributed by atoms with Gasteiger partial charge < -0.3 is 14.3 Å². The summed E-state index contributed by atoms with van der Waals surface area (Å²) < 4.78 is 10.6. The first-order valence-corrected chi connectivity index (χ1v) is 4.30. The van der Waals surface area contributed by atoms with Gasteiger partial charge in [0.15, 0.2) is 5.79 Å². The third-order valence-corrected chi connectivity index (χ3v) is 2.71. The summed E-state index contributed by atoms with van der Waals surface area (Å²) >= 11 is 0. The molecule has 0 amide bonds. The topological polar surface area (TPSA) is 35.5 Å². The van der Waals surface area contributed by atoms with Crippen molar-refractivity contribution < 1.29 is 14.3 Å². The number of hydrogen-bond donors (Lipinski definition) is 0. The minimum atomic E-state index is -0.409. The molecule has 1 aliphatic carbocycles. The maximum Gasteiger partial charge on any atom is 0.167 e. The Morgan fingerprint density at radius 2 is 2.17 bits per heavy atom. The molecule has 0 aromatic rings. The normalized spacial score (nSPS) is 27.3. The minimum Gasteiger partial charge on any atom is -0.353 e. The summed E-state index contributed by atoms with van der Waals surface area (Å²) in [5, 5.41) is 0. The standard InChI is InChI=1S/C9H16O3/c1-11-9(12-2)5-3-8(7-9)4-6-10/h6,8H,3-5,7H2,1-2H3. The number of ether oxygens (including phenoxy) is 2. The lowest BCUT2D eigenvalue weighted by atomic mass is 10.1. The quantitative estimate of drug-likeness (QED) is 0.474. The summed E-state index contributed by atoms with van der Waals surface area (Å²) in [5.41, 5.74) is 0. The summed E-state index contributed by atoms with van der Waals surface area (Å²) in [6, 6.07) is 0. The van der Waals surface area contributed by atoms with Crippen molar-refractivity contribution in [3.63, 3.8) is 0 Å². The second kappa shape index (κ2) is 4.01. The number of hydrogen-bond acceptors (Lipinski definition) is 3. The molecule has 0 radical (unpaired) electrons. The van der Waals surface area contributed by atoms with Crippen LogP contribution in [0, 0.1) is 5.92 Å². The average molecular weight is 172 g/mol. The highest BCUT2D eigenvalue weighted by molar-refractivity contribution is 5.49. The van der Waals surface area contributed by atoms with Crippen molar-refractivity contribution in [3.8, 4) is 0 Å². The van der Waals surface area contributed by atoms with E-state index in [1.54, 1.807) is 14.2 Å². The van der Waals surface area contributed by atoms with Gasteiger partial charge in [0.05, 0.1) is 0 Å². The van der Waals surface area contributed by atoms with Crippen LogP contribution in [0.5, 0.6) is 0 Å². The summed E-state index contributed by atoms with van der Waals surface area (Å²) in [7, 11) is 3.32. The zero-order valence-electron chi connectivity index (χ0n) is 7.71.